The van der Waals surface area contributed by atoms with Crippen LogP contribution in [0.25, 0.3) is 75.2 Å². The number of aromatic nitrogens is 2. The highest BCUT2D eigenvalue weighted by atomic mass is 32.1. The molecule has 0 unspecified atom stereocenters. The Balaban J connectivity index is 1.15. The molecule has 3 aromatic heterocycles. The summed E-state index contributed by atoms with van der Waals surface area (Å²) < 4.78 is 7.54. The molecule has 0 spiro atoms. The lowest BCUT2D eigenvalue weighted by Gasteiger charge is -2.33. The van der Waals surface area contributed by atoms with Crippen LogP contribution in [0.1, 0.15) is 0 Å². The number of thiophene rings is 1. The molecule has 0 radical (unpaired) electrons. The zero-order valence-electron chi connectivity index (χ0n) is 24.7. The summed E-state index contributed by atoms with van der Waals surface area (Å²) in [6.07, 6.45) is 0. The molecule has 0 aliphatic carbocycles. The molecule has 0 N–H and O–H groups in total. The first-order chi connectivity index (χ1) is 22.8. The summed E-state index contributed by atoms with van der Waals surface area (Å²) in [7, 11) is 0. The highest BCUT2D eigenvalue weighted by molar-refractivity contribution is 7.25. The molecule has 3 nitrogen and oxygen atoms in total. The zero-order chi connectivity index (χ0) is 29.9. The average molecular weight is 604 g/mol. The van der Waals surface area contributed by atoms with Crippen molar-refractivity contribution in [2.75, 3.05) is 4.90 Å². The van der Waals surface area contributed by atoms with Crippen LogP contribution in [-0.2, 0) is 0 Å². The SMILES string of the molecule is c1ccc2c(c1)N(c1ccc(-n3c4ccccc4c4ccccc43)cc1)c1cccc3c4cc5c(cc4n-2c13)sc1ccccc15. The fourth-order valence-corrected chi connectivity index (χ4v) is 9.02. The first-order valence-corrected chi connectivity index (χ1v) is 16.5. The van der Waals surface area contributed by atoms with E-state index in [0.29, 0.717) is 0 Å². The van der Waals surface area contributed by atoms with Gasteiger partial charge in [-0.3, -0.25) is 0 Å². The maximum Gasteiger partial charge on any atom is 0.0783 e. The van der Waals surface area contributed by atoms with E-state index in [2.05, 4.69) is 166 Å². The van der Waals surface area contributed by atoms with Gasteiger partial charge < -0.3 is 14.0 Å². The van der Waals surface area contributed by atoms with Crippen LogP contribution in [0.2, 0.25) is 0 Å². The predicted molar refractivity (Wildman–Crippen MR) is 196 cm³/mol. The van der Waals surface area contributed by atoms with Crippen molar-refractivity contribution in [3.63, 3.8) is 0 Å². The lowest BCUT2D eigenvalue weighted by molar-refractivity contribution is 1.11. The Hall–Kier alpha value is -5.84. The van der Waals surface area contributed by atoms with Crippen LogP contribution in [0, 0.1) is 0 Å². The van der Waals surface area contributed by atoms with Gasteiger partial charge in [-0.1, -0.05) is 78.9 Å². The van der Waals surface area contributed by atoms with Crippen LogP contribution in [0.3, 0.4) is 0 Å². The van der Waals surface area contributed by atoms with Crippen LogP contribution < -0.4 is 4.90 Å². The monoisotopic (exact) mass is 603 g/mol. The molecule has 11 rings (SSSR count). The van der Waals surface area contributed by atoms with Gasteiger partial charge >= 0.3 is 0 Å². The molecule has 0 bridgehead atoms. The summed E-state index contributed by atoms with van der Waals surface area (Å²) in [6, 6.07) is 55.7. The van der Waals surface area contributed by atoms with Crippen molar-refractivity contribution in [2.24, 2.45) is 0 Å². The van der Waals surface area contributed by atoms with Gasteiger partial charge in [-0.25, -0.2) is 0 Å². The molecule has 214 valence electrons. The summed E-state index contributed by atoms with van der Waals surface area (Å²) in [4.78, 5) is 2.43. The molecule has 10 aromatic rings. The van der Waals surface area contributed by atoms with Gasteiger partial charge in [0.2, 0.25) is 0 Å². The number of fused-ring (bicyclic) bond motifs is 11. The molecule has 1 aliphatic rings. The van der Waals surface area contributed by atoms with Gasteiger partial charge in [-0.2, -0.15) is 0 Å². The number of anilines is 3. The lowest BCUT2D eigenvalue weighted by atomic mass is 10.1. The second-order valence-electron chi connectivity index (χ2n) is 12.2. The third kappa shape index (κ3) is 3.11. The van der Waals surface area contributed by atoms with Crippen molar-refractivity contribution >= 4 is 92.2 Å². The van der Waals surface area contributed by atoms with E-state index in [1.165, 1.54) is 80.8 Å². The van der Waals surface area contributed by atoms with Gasteiger partial charge in [0.25, 0.3) is 0 Å². The molecule has 0 fully saturated rings. The van der Waals surface area contributed by atoms with E-state index in [0.717, 1.165) is 11.4 Å². The predicted octanol–water partition coefficient (Wildman–Crippen LogP) is 12.0. The Bertz CT molecular complexity index is 2810. The van der Waals surface area contributed by atoms with Crippen molar-refractivity contribution in [2.45, 2.75) is 0 Å². The number of para-hydroxylation sites is 5. The summed E-state index contributed by atoms with van der Waals surface area (Å²) in [5.41, 5.74) is 10.8. The number of hydrogen-bond acceptors (Lipinski definition) is 2. The standard InChI is InChI=1S/C42H25N3S/c1-4-14-34-28(10-1)29-11-2-5-15-35(29)43(34)26-20-22-27(23-21-26)44-36-16-6-7-17-37(36)45-39-25-41-33(30-12-3-8-19-40(30)46-41)24-32(39)31-13-9-18-38(44)42(31)45/h1-25H. The third-order valence-corrected chi connectivity index (χ3v) is 10.9. The molecule has 7 aromatic carbocycles. The van der Waals surface area contributed by atoms with E-state index in [4.69, 9.17) is 0 Å². The Morgan fingerprint density at radius 1 is 0.348 bits per heavy atom. The normalized spacial score (nSPS) is 12.7. The number of hydrogen-bond donors (Lipinski definition) is 0. The molecule has 4 heteroatoms. The van der Waals surface area contributed by atoms with E-state index < -0.39 is 0 Å². The van der Waals surface area contributed by atoms with Crippen LogP contribution >= 0.6 is 11.3 Å². The molecule has 0 atom stereocenters. The van der Waals surface area contributed by atoms with E-state index in [1.807, 2.05) is 11.3 Å². The van der Waals surface area contributed by atoms with Gasteiger partial charge in [0, 0.05) is 53.1 Å². The first kappa shape index (κ1) is 24.5. The highest BCUT2D eigenvalue weighted by Gasteiger charge is 2.28. The fourth-order valence-electron chi connectivity index (χ4n) is 7.90. The second-order valence-corrected chi connectivity index (χ2v) is 13.3. The van der Waals surface area contributed by atoms with E-state index in [1.54, 1.807) is 0 Å². The minimum Gasteiger partial charge on any atom is -0.309 e. The summed E-state index contributed by atoms with van der Waals surface area (Å²) >= 11 is 1.88. The van der Waals surface area contributed by atoms with Crippen LogP contribution in [0.15, 0.2) is 152 Å². The summed E-state index contributed by atoms with van der Waals surface area (Å²) in [5, 5.41) is 7.81. The van der Waals surface area contributed by atoms with Gasteiger partial charge in [-0.05, 0) is 72.8 Å². The van der Waals surface area contributed by atoms with Gasteiger partial charge in [0.05, 0.1) is 39.1 Å². The summed E-state index contributed by atoms with van der Waals surface area (Å²) in [5.74, 6) is 0. The lowest BCUT2D eigenvalue weighted by Crippen LogP contribution is -2.18. The van der Waals surface area contributed by atoms with Crippen LogP contribution in [-0.4, -0.2) is 9.13 Å². The molecule has 0 saturated carbocycles. The van der Waals surface area contributed by atoms with Crippen LogP contribution in [0.5, 0.6) is 0 Å². The Morgan fingerprint density at radius 3 is 1.74 bits per heavy atom. The van der Waals surface area contributed by atoms with E-state index in [9.17, 15) is 0 Å². The number of benzene rings is 7. The molecule has 46 heavy (non-hydrogen) atoms. The molecule has 0 amide bonds. The fraction of sp³-hybridized carbons (Fsp3) is 0. The molecule has 0 saturated heterocycles. The van der Waals surface area contributed by atoms with Gasteiger partial charge in [0.1, 0.15) is 0 Å². The zero-order valence-corrected chi connectivity index (χ0v) is 25.5. The van der Waals surface area contributed by atoms with Crippen molar-refractivity contribution < 1.29 is 0 Å². The minimum atomic E-state index is 1.15. The van der Waals surface area contributed by atoms with Crippen molar-refractivity contribution in [3.8, 4) is 11.4 Å². The Kier molecular flexibility index (Phi) is 4.72. The molecule has 1 aliphatic heterocycles. The topological polar surface area (TPSA) is 13.1 Å². The van der Waals surface area contributed by atoms with E-state index in [-0.39, 0.29) is 0 Å². The molecule has 4 heterocycles. The molecular formula is C42H25N3S. The van der Waals surface area contributed by atoms with Crippen molar-refractivity contribution in [3.05, 3.63) is 152 Å². The smallest absolute Gasteiger partial charge is 0.0783 e. The second kappa shape index (κ2) is 8.87. The maximum absolute atomic E-state index is 2.49. The van der Waals surface area contributed by atoms with Crippen molar-refractivity contribution in [1.82, 2.24) is 9.13 Å². The Morgan fingerprint density at radius 2 is 0.957 bits per heavy atom. The van der Waals surface area contributed by atoms with Crippen molar-refractivity contribution in [1.29, 1.82) is 0 Å². The van der Waals surface area contributed by atoms with Crippen LogP contribution in [0.4, 0.5) is 17.1 Å². The maximum atomic E-state index is 2.49. The number of rotatable bonds is 2. The van der Waals surface area contributed by atoms with Gasteiger partial charge in [-0.15, -0.1) is 11.3 Å². The largest absolute Gasteiger partial charge is 0.309 e. The molecular weight excluding hydrogens is 579 g/mol. The average Bonchev–Trinajstić information content (AvgIpc) is 3.76. The third-order valence-electron chi connectivity index (χ3n) is 9.82. The van der Waals surface area contributed by atoms with E-state index >= 15 is 0 Å². The number of nitrogens with zero attached hydrogens (tertiary/aromatic N) is 3. The quantitative estimate of drug-likeness (QED) is 0.192. The minimum absolute atomic E-state index is 1.15. The highest BCUT2D eigenvalue weighted by Crippen LogP contribution is 2.51. The van der Waals surface area contributed by atoms with Gasteiger partial charge in [0.15, 0.2) is 0 Å². The summed E-state index contributed by atoms with van der Waals surface area (Å²) in [6.45, 7) is 0. The first-order valence-electron chi connectivity index (χ1n) is 15.7. The Labute approximate surface area is 268 Å².